The van der Waals surface area contributed by atoms with E-state index in [1.807, 2.05) is 19.1 Å². The summed E-state index contributed by atoms with van der Waals surface area (Å²) >= 11 is 0. The molecule has 41 heavy (non-hydrogen) atoms. The number of carbonyl (C=O) groups is 3. The van der Waals surface area contributed by atoms with E-state index in [-0.39, 0.29) is 36.9 Å². The molecule has 3 heterocycles. The van der Waals surface area contributed by atoms with E-state index >= 15 is 0 Å². The number of alkyl halides is 2. The molecule has 0 aromatic heterocycles. The van der Waals surface area contributed by atoms with Gasteiger partial charge in [-0.25, -0.2) is 0 Å². The third-order valence-corrected chi connectivity index (χ3v) is 7.00. The van der Waals surface area contributed by atoms with Gasteiger partial charge in [0.25, 0.3) is 17.7 Å². The minimum atomic E-state index is -3.08. The van der Waals surface area contributed by atoms with Crippen molar-refractivity contribution in [2.24, 2.45) is 0 Å². The van der Waals surface area contributed by atoms with Crippen molar-refractivity contribution in [3.63, 3.8) is 0 Å². The summed E-state index contributed by atoms with van der Waals surface area (Å²) in [5, 5.41) is 5.79. The van der Waals surface area contributed by atoms with Crippen LogP contribution in [0.1, 0.15) is 38.3 Å². The molecular weight excluding hydrogens is 536 g/mol. The molecule has 2 atom stereocenters. The number of ether oxygens (including phenoxy) is 3. The normalized spacial score (nSPS) is 19.3. The summed E-state index contributed by atoms with van der Waals surface area (Å²) in [6, 6.07) is 17.3. The Balaban J connectivity index is 1.43. The average molecular weight is 566 g/mol. The molecule has 214 valence electrons. The van der Waals surface area contributed by atoms with Crippen molar-refractivity contribution in [1.82, 2.24) is 15.5 Å². The highest BCUT2D eigenvalue weighted by Crippen LogP contribution is 2.26. The SMILES string of the molecule is Cc1ccc2cc1OCC(=O)NCc1ccc(cc1)O[C@H]1CCN(C(=O)c3ccccc3OC(F)F)C[C@@H]1NC2=O. The molecule has 4 bridgehead atoms. The average Bonchev–Trinajstić information content (AvgIpc) is 2.96. The van der Waals surface area contributed by atoms with Crippen molar-refractivity contribution in [1.29, 1.82) is 0 Å². The summed E-state index contributed by atoms with van der Waals surface area (Å²) in [5.74, 6) is -0.488. The fraction of sp³-hybridized carbons (Fsp3) is 0.300. The topological polar surface area (TPSA) is 106 Å². The predicted octanol–water partition coefficient (Wildman–Crippen LogP) is 3.70. The first-order valence-electron chi connectivity index (χ1n) is 13.2. The lowest BCUT2D eigenvalue weighted by Gasteiger charge is -2.39. The van der Waals surface area contributed by atoms with Gasteiger partial charge in [-0.2, -0.15) is 8.78 Å². The Morgan fingerprint density at radius 1 is 1.07 bits per heavy atom. The minimum absolute atomic E-state index is 0.00170. The Kier molecular flexibility index (Phi) is 8.32. The lowest BCUT2D eigenvalue weighted by Crippen LogP contribution is -2.58. The van der Waals surface area contributed by atoms with Crippen LogP contribution in [-0.2, 0) is 11.3 Å². The largest absolute Gasteiger partial charge is 0.488 e. The van der Waals surface area contributed by atoms with Crippen molar-refractivity contribution in [3.8, 4) is 17.2 Å². The van der Waals surface area contributed by atoms with Gasteiger partial charge in [0.05, 0.1) is 11.6 Å². The first-order chi connectivity index (χ1) is 19.8. The van der Waals surface area contributed by atoms with Gasteiger partial charge in [0.1, 0.15) is 23.4 Å². The Bertz CT molecular complexity index is 1430. The number of likely N-dealkylation sites (tertiary alicyclic amines) is 1. The second kappa shape index (κ2) is 12.2. The number of fused-ring (bicyclic) bond motifs is 7. The molecule has 0 unspecified atom stereocenters. The molecule has 0 spiro atoms. The van der Waals surface area contributed by atoms with Crippen molar-refractivity contribution in [3.05, 3.63) is 89.0 Å². The quantitative estimate of drug-likeness (QED) is 0.502. The fourth-order valence-electron chi connectivity index (χ4n) is 4.81. The number of para-hydroxylation sites is 1. The molecule has 3 amide bonds. The van der Waals surface area contributed by atoms with Crippen LogP contribution >= 0.6 is 0 Å². The molecule has 2 N–H and O–H groups in total. The number of nitrogens with one attached hydrogen (secondary N) is 2. The van der Waals surface area contributed by atoms with Crippen LogP contribution < -0.4 is 24.8 Å². The fourth-order valence-corrected chi connectivity index (χ4v) is 4.81. The van der Waals surface area contributed by atoms with E-state index < -0.39 is 30.6 Å². The standard InChI is InChI=1S/C30H29F2N3O6/c1-18-6-9-20-14-26(18)39-17-27(36)33-15-19-7-10-21(11-8-19)40-25-12-13-35(16-23(25)34-28(20)37)29(38)22-4-2-3-5-24(22)41-30(31)32/h2-11,14,23,25,30H,12-13,15-17H2,1H3,(H,33,36)(H,34,37)/t23-,25-/m0/s1. The summed E-state index contributed by atoms with van der Waals surface area (Å²) in [6.07, 6.45) is -0.118. The van der Waals surface area contributed by atoms with Crippen molar-refractivity contribution < 1.29 is 37.4 Å². The predicted molar refractivity (Wildman–Crippen MR) is 144 cm³/mol. The zero-order valence-electron chi connectivity index (χ0n) is 22.3. The molecular formula is C30H29F2N3O6. The first kappa shape index (κ1) is 27.9. The molecule has 9 nitrogen and oxygen atoms in total. The van der Waals surface area contributed by atoms with E-state index in [0.717, 1.165) is 11.1 Å². The van der Waals surface area contributed by atoms with Crippen LogP contribution in [0.2, 0.25) is 0 Å². The maximum Gasteiger partial charge on any atom is 0.387 e. The van der Waals surface area contributed by atoms with Crippen LogP contribution in [0.4, 0.5) is 8.78 Å². The molecule has 0 saturated carbocycles. The van der Waals surface area contributed by atoms with E-state index in [2.05, 4.69) is 15.4 Å². The highest BCUT2D eigenvalue weighted by atomic mass is 19.3. The van der Waals surface area contributed by atoms with Crippen molar-refractivity contribution >= 4 is 17.7 Å². The highest BCUT2D eigenvalue weighted by molar-refractivity contribution is 5.97. The second-order valence-electron chi connectivity index (χ2n) is 9.84. The lowest BCUT2D eigenvalue weighted by molar-refractivity contribution is -0.123. The first-order valence-corrected chi connectivity index (χ1v) is 13.2. The van der Waals surface area contributed by atoms with Crippen molar-refractivity contribution in [2.75, 3.05) is 19.7 Å². The van der Waals surface area contributed by atoms with Crippen molar-refractivity contribution in [2.45, 2.75) is 38.6 Å². The van der Waals surface area contributed by atoms with Crippen LogP contribution in [0, 0.1) is 6.92 Å². The van der Waals surface area contributed by atoms with E-state index in [1.54, 1.807) is 36.4 Å². The van der Waals surface area contributed by atoms with Crippen LogP contribution in [0.3, 0.4) is 0 Å². The zero-order chi connectivity index (χ0) is 28.9. The molecule has 0 aliphatic carbocycles. The Morgan fingerprint density at radius 2 is 1.85 bits per heavy atom. The van der Waals surface area contributed by atoms with E-state index in [1.165, 1.54) is 23.1 Å². The Hall–Kier alpha value is -4.67. The number of rotatable bonds is 3. The van der Waals surface area contributed by atoms with Gasteiger partial charge in [0.15, 0.2) is 6.61 Å². The third kappa shape index (κ3) is 6.74. The number of amides is 3. The molecule has 0 radical (unpaired) electrons. The van der Waals surface area contributed by atoms with Crippen LogP contribution in [0.5, 0.6) is 17.2 Å². The summed E-state index contributed by atoms with van der Waals surface area (Å²) < 4.78 is 42.5. The number of hydrogen-bond donors (Lipinski definition) is 2. The molecule has 3 aromatic carbocycles. The number of aryl methyl sites for hydroxylation is 1. The van der Waals surface area contributed by atoms with Gasteiger partial charge in [-0.3, -0.25) is 14.4 Å². The van der Waals surface area contributed by atoms with Gasteiger partial charge < -0.3 is 29.7 Å². The molecule has 1 fully saturated rings. The Labute approximate surface area is 235 Å². The summed E-state index contributed by atoms with van der Waals surface area (Å²) in [4.78, 5) is 40.6. The number of halogens is 2. The molecule has 3 aliphatic heterocycles. The van der Waals surface area contributed by atoms with Crippen LogP contribution in [0.25, 0.3) is 0 Å². The second-order valence-corrected chi connectivity index (χ2v) is 9.84. The number of benzene rings is 3. The van der Waals surface area contributed by atoms with E-state index in [9.17, 15) is 23.2 Å². The number of hydrogen-bond acceptors (Lipinski definition) is 6. The van der Waals surface area contributed by atoms with Crippen LogP contribution in [0.15, 0.2) is 66.7 Å². The van der Waals surface area contributed by atoms with Gasteiger partial charge in [-0.15, -0.1) is 0 Å². The number of piperidine rings is 1. The highest BCUT2D eigenvalue weighted by Gasteiger charge is 2.35. The molecule has 3 aliphatic rings. The maximum absolute atomic E-state index is 13.4. The van der Waals surface area contributed by atoms with E-state index in [0.29, 0.717) is 30.0 Å². The molecule has 3 aromatic rings. The smallest absolute Gasteiger partial charge is 0.387 e. The molecule has 11 heteroatoms. The summed E-state index contributed by atoms with van der Waals surface area (Å²) in [6.45, 7) is -0.839. The summed E-state index contributed by atoms with van der Waals surface area (Å²) in [7, 11) is 0. The third-order valence-electron chi connectivity index (χ3n) is 7.00. The summed E-state index contributed by atoms with van der Waals surface area (Å²) in [5.41, 5.74) is 1.92. The van der Waals surface area contributed by atoms with Gasteiger partial charge in [0.2, 0.25) is 0 Å². The van der Waals surface area contributed by atoms with Gasteiger partial charge in [-0.05, 0) is 54.4 Å². The molecule has 1 saturated heterocycles. The van der Waals surface area contributed by atoms with Crippen LogP contribution in [-0.4, -0.2) is 61.1 Å². The van der Waals surface area contributed by atoms with Gasteiger partial charge >= 0.3 is 6.61 Å². The lowest BCUT2D eigenvalue weighted by atomic mass is 9.99. The molecule has 6 rings (SSSR count). The van der Waals surface area contributed by atoms with E-state index in [4.69, 9.17) is 9.47 Å². The zero-order valence-corrected chi connectivity index (χ0v) is 22.3. The number of carbonyl (C=O) groups excluding carboxylic acids is 3. The Morgan fingerprint density at radius 3 is 2.63 bits per heavy atom. The minimum Gasteiger partial charge on any atom is -0.488 e. The maximum atomic E-state index is 13.4. The monoisotopic (exact) mass is 565 g/mol. The number of nitrogens with zero attached hydrogens (tertiary/aromatic N) is 1. The van der Waals surface area contributed by atoms with Gasteiger partial charge in [-0.1, -0.05) is 30.3 Å². The van der Waals surface area contributed by atoms with Gasteiger partial charge in [0, 0.05) is 31.6 Å².